The smallest absolute Gasteiger partial charge is 0.264 e. The molecular formula is C12H10BrClN2O3S. The minimum atomic E-state index is -3.82. The van der Waals surface area contributed by atoms with Gasteiger partial charge < -0.3 is 4.74 Å². The van der Waals surface area contributed by atoms with Crippen molar-refractivity contribution in [3.05, 3.63) is 46.2 Å². The van der Waals surface area contributed by atoms with Crippen LogP contribution in [-0.2, 0) is 10.0 Å². The Kier molecular flexibility index (Phi) is 4.52. The molecule has 0 saturated carbocycles. The van der Waals surface area contributed by atoms with E-state index in [0.29, 0.717) is 15.9 Å². The maximum Gasteiger partial charge on any atom is 0.264 e. The van der Waals surface area contributed by atoms with Crippen molar-refractivity contribution in [2.75, 3.05) is 11.8 Å². The number of rotatable bonds is 4. The van der Waals surface area contributed by atoms with E-state index in [0.717, 1.165) is 0 Å². The van der Waals surface area contributed by atoms with Gasteiger partial charge in [-0.3, -0.25) is 9.71 Å². The molecule has 0 aliphatic carbocycles. The summed E-state index contributed by atoms with van der Waals surface area (Å²) >= 11 is 9.15. The normalized spacial score (nSPS) is 11.2. The Morgan fingerprint density at radius 1 is 1.35 bits per heavy atom. The minimum absolute atomic E-state index is 0.0867. The lowest BCUT2D eigenvalue weighted by Gasteiger charge is -2.11. The highest BCUT2D eigenvalue weighted by Gasteiger charge is 2.19. The predicted molar refractivity (Wildman–Crippen MR) is 80.7 cm³/mol. The molecule has 0 radical (unpaired) electrons. The molecule has 1 aromatic carbocycles. The standard InChI is InChI=1S/C12H10BrClN2O3S/c1-19-8-2-3-9(13)11(6-8)16-20(17,18)12-7-15-5-4-10(12)14/h2-7,16H,1H3. The van der Waals surface area contributed by atoms with Crippen LogP contribution in [0.3, 0.4) is 0 Å². The van der Waals surface area contributed by atoms with Gasteiger partial charge in [0.25, 0.3) is 10.0 Å². The van der Waals surface area contributed by atoms with E-state index < -0.39 is 10.0 Å². The molecule has 0 fully saturated rings. The number of ether oxygens (including phenoxy) is 1. The van der Waals surface area contributed by atoms with E-state index >= 15 is 0 Å². The van der Waals surface area contributed by atoms with Gasteiger partial charge in [0.05, 0.1) is 17.8 Å². The molecule has 0 bridgehead atoms. The molecule has 0 aliphatic heterocycles. The quantitative estimate of drug-likeness (QED) is 0.887. The molecule has 0 saturated heterocycles. The van der Waals surface area contributed by atoms with E-state index in [2.05, 4.69) is 25.6 Å². The second kappa shape index (κ2) is 5.99. The summed E-state index contributed by atoms with van der Waals surface area (Å²) in [5, 5.41) is 0.103. The number of nitrogens with zero attached hydrogens (tertiary/aromatic N) is 1. The summed E-state index contributed by atoms with van der Waals surface area (Å²) in [6, 6.07) is 6.36. The fourth-order valence-electron chi connectivity index (χ4n) is 1.47. The molecule has 1 heterocycles. The first-order chi connectivity index (χ1) is 9.44. The fraction of sp³-hybridized carbons (Fsp3) is 0.0833. The topological polar surface area (TPSA) is 68.3 Å². The minimum Gasteiger partial charge on any atom is -0.497 e. The maximum atomic E-state index is 12.3. The highest BCUT2D eigenvalue weighted by molar-refractivity contribution is 9.10. The lowest BCUT2D eigenvalue weighted by atomic mass is 10.3. The third-order valence-electron chi connectivity index (χ3n) is 2.44. The maximum absolute atomic E-state index is 12.3. The van der Waals surface area contributed by atoms with Crippen molar-refractivity contribution in [1.82, 2.24) is 4.98 Å². The average Bonchev–Trinajstić information content (AvgIpc) is 2.41. The van der Waals surface area contributed by atoms with Crippen LogP contribution in [0, 0.1) is 0 Å². The van der Waals surface area contributed by atoms with Gasteiger partial charge in [-0.2, -0.15) is 0 Å². The molecule has 1 aromatic heterocycles. The molecule has 5 nitrogen and oxygen atoms in total. The van der Waals surface area contributed by atoms with E-state index in [9.17, 15) is 8.42 Å². The van der Waals surface area contributed by atoms with Crippen molar-refractivity contribution in [2.24, 2.45) is 0 Å². The molecule has 8 heteroatoms. The van der Waals surface area contributed by atoms with E-state index in [1.165, 1.54) is 25.6 Å². The number of hydrogen-bond acceptors (Lipinski definition) is 4. The van der Waals surface area contributed by atoms with Crippen molar-refractivity contribution >= 4 is 43.2 Å². The lowest BCUT2D eigenvalue weighted by molar-refractivity contribution is 0.415. The molecule has 2 rings (SSSR count). The molecule has 0 atom stereocenters. The molecule has 106 valence electrons. The third-order valence-corrected chi connectivity index (χ3v) is 4.97. The van der Waals surface area contributed by atoms with Crippen molar-refractivity contribution in [3.63, 3.8) is 0 Å². The van der Waals surface area contributed by atoms with Gasteiger partial charge in [0.2, 0.25) is 0 Å². The highest BCUT2D eigenvalue weighted by Crippen LogP contribution is 2.30. The number of sulfonamides is 1. The monoisotopic (exact) mass is 376 g/mol. The van der Waals surface area contributed by atoms with E-state index in [-0.39, 0.29) is 9.92 Å². The summed E-state index contributed by atoms with van der Waals surface area (Å²) in [6.45, 7) is 0. The zero-order chi connectivity index (χ0) is 14.8. The number of nitrogens with one attached hydrogen (secondary N) is 1. The predicted octanol–water partition coefficient (Wildman–Crippen LogP) is 3.31. The van der Waals surface area contributed by atoms with Gasteiger partial charge in [0, 0.05) is 22.9 Å². The van der Waals surface area contributed by atoms with Crippen LogP contribution in [0.15, 0.2) is 46.0 Å². The Morgan fingerprint density at radius 3 is 2.75 bits per heavy atom. The summed E-state index contributed by atoms with van der Waals surface area (Å²) in [5.41, 5.74) is 0.351. The van der Waals surface area contributed by atoms with E-state index in [1.807, 2.05) is 0 Å². The van der Waals surface area contributed by atoms with Crippen LogP contribution in [0.2, 0.25) is 5.02 Å². The summed E-state index contributed by atoms with van der Waals surface area (Å²) in [4.78, 5) is 3.68. The largest absolute Gasteiger partial charge is 0.497 e. The van der Waals surface area contributed by atoms with Gasteiger partial charge in [-0.15, -0.1) is 0 Å². The fourth-order valence-corrected chi connectivity index (χ4v) is 3.45. The van der Waals surface area contributed by atoms with Crippen LogP contribution in [0.25, 0.3) is 0 Å². The zero-order valence-corrected chi connectivity index (χ0v) is 13.5. The highest BCUT2D eigenvalue weighted by atomic mass is 79.9. The summed E-state index contributed by atoms with van der Waals surface area (Å²) in [5.74, 6) is 0.531. The van der Waals surface area contributed by atoms with Crippen LogP contribution in [0.4, 0.5) is 5.69 Å². The molecule has 0 spiro atoms. The molecule has 20 heavy (non-hydrogen) atoms. The number of halogens is 2. The Balaban J connectivity index is 2.41. The molecule has 2 aromatic rings. The molecular weight excluding hydrogens is 368 g/mol. The Morgan fingerprint density at radius 2 is 2.10 bits per heavy atom. The molecule has 0 unspecified atom stereocenters. The zero-order valence-electron chi connectivity index (χ0n) is 10.3. The third kappa shape index (κ3) is 3.23. The lowest BCUT2D eigenvalue weighted by Crippen LogP contribution is -2.14. The average molecular weight is 378 g/mol. The van der Waals surface area contributed by atoms with Gasteiger partial charge in [0.15, 0.2) is 0 Å². The second-order valence-corrected chi connectivity index (χ2v) is 6.67. The SMILES string of the molecule is COc1ccc(Br)c(NS(=O)(=O)c2cnccc2Cl)c1. The molecule has 0 amide bonds. The van der Waals surface area contributed by atoms with Crippen LogP contribution < -0.4 is 9.46 Å². The van der Waals surface area contributed by atoms with Crippen molar-refractivity contribution in [3.8, 4) is 5.75 Å². The number of benzene rings is 1. The van der Waals surface area contributed by atoms with Crippen LogP contribution >= 0.6 is 27.5 Å². The first kappa shape index (κ1) is 15.1. The Bertz CT molecular complexity index is 737. The van der Waals surface area contributed by atoms with Gasteiger partial charge in [-0.05, 0) is 34.1 Å². The van der Waals surface area contributed by atoms with Crippen molar-refractivity contribution in [2.45, 2.75) is 4.90 Å². The van der Waals surface area contributed by atoms with Crippen LogP contribution in [0.1, 0.15) is 0 Å². The summed E-state index contributed by atoms with van der Waals surface area (Å²) in [7, 11) is -2.32. The Hall–Kier alpha value is -1.31. The number of pyridine rings is 1. The first-order valence-electron chi connectivity index (χ1n) is 5.40. The van der Waals surface area contributed by atoms with Gasteiger partial charge in [-0.1, -0.05) is 11.6 Å². The van der Waals surface area contributed by atoms with Crippen molar-refractivity contribution in [1.29, 1.82) is 0 Å². The molecule has 0 aliphatic rings. The molecule has 1 N–H and O–H groups in total. The van der Waals surface area contributed by atoms with Gasteiger partial charge in [0.1, 0.15) is 10.6 Å². The van der Waals surface area contributed by atoms with E-state index in [4.69, 9.17) is 16.3 Å². The number of hydrogen-bond donors (Lipinski definition) is 1. The second-order valence-electron chi connectivity index (χ2n) is 3.76. The summed E-state index contributed by atoms with van der Waals surface area (Å²) < 4.78 is 32.6. The van der Waals surface area contributed by atoms with Crippen LogP contribution in [-0.4, -0.2) is 20.5 Å². The number of anilines is 1. The number of methoxy groups -OCH3 is 1. The van der Waals surface area contributed by atoms with E-state index in [1.54, 1.807) is 18.2 Å². The van der Waals surface area contributed by atoms with Gasteiger partial charge in [-0.25, -0.2) is 8.42 Å². The summed E-state index contributed by atoms with van der Waals surface area (Å²) in [6.07, 6.45) is 2.61. The van der Waals surface area contributed by atoms with Gasteiger partial charge >= 0.3 is 0 Å². The Labute approximate surface area is 130 Å². The van der Waals surface area contributed by atoms with Crippen LogP contribution in [0.5, 0.6) is 5.75 Å². The number of aromatic nitrogens is 1. The van der Waals surface area contributed by atoms with Crippen molar-refractivity contribution < 1.29 is 13.2 Å². The first-order valence-corrected chi connectivity index (χ1v) is 8.05.